The number of H-pyrrole nitrogens is 2. The predicted molar refractivity (Wildman–Crippen MR) is 171 cm³/mol. The molecule has 2 N–H and O–H groups in total. The van der Waals surface area contributed by atoms with Gasteiger partial charge >= 0.3 is 0 Å². The topological polar surface area (TPSA) is 76.7 Å². The molecule has 0 amide bonds. The number of fused-ring (bicyclic) bond motifs is 1. The summed E-state index contributed by atoms with van der Waals surface area (Å²) in [6.07, 6.45) is 15.9. The molecule has 1 saturated heterocycles. The van der Waals surface area contributed by atoms with E-state index in [1.807, 2.05) is 32.3 Å². The van der Waals surface area contributed by atoms with Gasteiger partial charge in [-0.1, -0.05) is 64.7 Å². The summed E-state index contributed by atoms with van der Waals surface area (Å²) in [5.74, 6) is 1.57. The lowest BCUT2D eigenvalue weighted by molar-refractivity contribution is 0.207. The lowest BCUT2D eigenvalue weighted by atomic mass is 9.85. The molecule has 0 radical (unpaired) electrons. The van der Waals surface area contributed by atoms with Crippen LogP contribution in [0.5, 0.6) is 0 Å². The number of allylic oxidation sites excluding steroid dienone is 2. The number of rotatable bonds is 7. The van der Waals surface area contributed by atoms with Crippen molar-refractivity contribution in [1.29, 1.82) is 0 Å². The third kappa shape index (κ3) is 6.46. The van der Waals surface area contributed by atoms with Crippen molar-refractivity contribution in [3.05, 3.63) is 72.3 Å². The van der Waals surface area contributed by atoms with Gasteiger partial charge in [-0.25, -0.2) is 4.98 Å². The quantitative estimate of drug-likeness (QED) is 0.237. The molecule has 7 nitrogen and oxygen atoms in total. The minimum absolute atomic E-state index is 0.777. The molecular formula is C34H45N7. The molecule has 6 rings (SSSR count). The number of piperazine rings is 1. The van der Waals surface area contributed by atoms with Crippen LogP contribution in [0.25, 0.3) is 39.2 Å². The Balaban J connectivity index is 0.00000165. The molecule has 0 atom stereocenters. The molecule has 7 heteroatoms. The number of likely N-dealkylation sites (N-methyl/N-ethyl adjacent to an activating group) is 1. The van der Waals surface area contributed by atoms with E-state index >= 15 is 0 Å². The molecule has 0 spiro atoms. The first kappa shape index (κ1) is 28.8. The zero-order chi connectivity index (χ0) is 28.8. The zero-order valence-corrected chi connectivity index (χ0v) is 25.2. The van der Waals surface area contributed by atoms with Gasteiger partial charge in [0.2, 0.25) is 0 Å². The fourth-order valence-corrected chi connectivity index (χ4v) is 6.17. The van der Waals surface area contributed by atoms with Crippen molar-refractivity contribution in [2.24, 2.45) is 5.92 Å². The Morgan fingerprint density at radius 3 is 2.56 bits per heavy atom. The Morgan fingerprint density at radius 2 is 1.80 bits per heavy atom. The van der Waals surface area contributed by atoms with Crippen LogP contribution in [0.1, 0.15) is 62.9 Å². The van der Waals surface area contributed by atoms with Gasteiger partial charge in [0.05, 0.1) is 11.2 Å². The van der Waals surface area contributed by atoms with E-state index in [0.717, 1.165) is 89.2 Å². The molecule has 1 aliphatic heterocycles. The number of aromatic amines is 2. The lowest BCUT2D eigenvalue weighted by Crippen LogP contribution is -2.43. The number of pyridine rings is 1. The van der Waals surface area contributed by atoms with Crippen molar-refractivity contribution >= 4 is 16.6 Å². The van der Waals surface area contributed by atoms with Crippen LogP contribution < -0.4 is 0 Å². The lowest BCUT2D eigenvalue weighted by Gasteiger charge is -2.35. The van der Waals surface area contributed by atoms with E-state index in [0.29, 0.717) is 0 Å². The maximum Gasteiger partial charge on any atom is 0.159 e. The summed E-state index contributed by atoms with van der Waals surface area (Å²) in [7, 11) is 2.17. The van der Waals surface area contributed by atoms with Crippen LogP contribution in [-0.2, 0) is 6.42 Å². The summed E-state index contributed by atoms with van der Waals surface area (Å²) < 4.78 is 0. The first-order valence-electron chi connectivity index (χ1n) is 15.3. The van der Waals surface area contributed by atoms with Crippen LogP contribution in [0, 0.1) is 12.8 Å². The van der Waals surface area contributed by atoms with E-state index in [9.17, 15) is 0 Å². The van der Waals surface area contributed by atoms with Crippen molar-refractivity contribution in [2.75, 3.05) is 33.2 Å². The van der Waals surface area contributed by atoms with Crippen LogP contribution in [-0.4, -0.2) is 68.2 Å². The van der Waals surface area contributed by atoms with Crippen molar-refractivity contribution in [3.8, 4) is 22.6 Å². The zero-order valence-electron chi connectivity index (χ0n) is 25.2. The second-order valence-electron chi connectivity index (χ2n) is 11.3. The second kappa shape index (κ2) is 13.3. The standard InChI is InChI=1S/C32H39N7.C2H6/c1-4-8-29(39-15-13-38(3)14-16-39)30-22(2)34-32(35-30)31-27-19-25(11-12-28(27)36-37-31)26-18-24(20-33-21-26)17-23-9-6-5-7-10-23;1-2/h4,8,11-12,18-21,23H,1,5-7,9-10,13-17H2,2-3H3,(H,34,35)(H,36,37);1-2H3/b29-8+;. The predicted octanol–water partition coefficient (Wildman–Crippen LogP) is 7.25. The van der Waals surface area contributed by atoms with Gasteiger partial charge in [-0.15, -0.1) is 0 Å². The number of hydrogen-bond acceptors (Lipinski definition) is 5. The molecule has 1 saturated carbocycles. The minimum Gasteiger partial charge on any atom is -0.367 e. The molecule has 1 aromatic carbocycles. The monoisotopic (exact) mass is 551 g/mol. The molecule has 0 unspecified atom stereocenters. The number of nitrogens with one attached hydrogen (secondary N) is 2. The molecule has 2 aliphatic rings. The van der Waals surface area contributed by atoms with Gasteiger partial charge in [0.15, 0.2) is 5.82 Å². The van der Waals surface area contributed by atoms with Gasteiger partial charge in [-0.2, -0.15) is 5.10 Å². The highest BCUT2D eigenvalue weighted by atomic mass is 15.3. The number of hydrogen-bond donors (Lipinski definition) is 2. The average Bonchev–Trinajstić information content (AvgIpc) is 3.61. The second-order valence-corrected chi connectivity index (χ2v) is 11.3. The maximum absolute atomic E-state index is 5.08. The van der Waals surface area contributed by atoms with Crippen molar-refractivity contribution in [2.45, 2.75) is 59.3 Å². The van der Waals surface area contributed by atoms with Crippen molar-refractivity contribution in [1.82, 2.24) is 34.9 Å². The Labute approximate surface area is 244 Å². The number of aryl methyl sites for hydroxylation is 1. The summed E-state index contributed by atoms with van der Waals surface area (Å²) >= 11 is 0. The third-order valence-electron chi connectivity index (χ3n) is 8.41. The summed E-state index contributed by atoms with van der Waals surface area (Å²) in [4.78, 5) is 18.0. The molecule has 0 bridgehead atoms. The number of imidazole rings is 1. The smallest absolute Gasteiger partial charge is 0.159 e. The molecule has 1 aliphatic carbocycles. The third-order valence-corrected chi connectivity index (χ3v) is 8.41. The molecule has 4 aromatic rings. The summed E-state index contributed by atoms with van der Waals surface area (Å²) in [6.45, 7) is 14.1. The van der Waals surface area contributed by atoms with E-state index in [2.05, 4.69) is 80.9 Å². The van der Waals surface area contributed by atoms with Gasteiger partial charge in [0.1, 0.15) is 11.4 Å². The Hall–Kier alpha value is -3.71. The fraction of sp³-hybridized carbons (Fsp3) is 0.441. The Kier molecular flexibility index (Phi) is 9.35. The van der Waals surface area contributed by atoms with Gasteiger partial charge in [0.25, 0.3) is 0 Å². The van der Waals surface area contributed by atoms with Crippen molar-refractivity contribution in [3.63, 3.8) is 0 Å². The first-order chi connectivity index (χ1) is 20.1. The van der Waals surface area contributed by atoms with Crippen LogP contribution in [0.15, 0.2) is 55.4 Å². The van der Waals surface area contributed by atoms with Crippen LogP contribution >= 0.6 is 0 Å². The van der Waals surface area contributed by atoms with E-state index in [1.54, 1.807) is 0 Å². The number of benzene rings is 1. The minimum atomic E-state index is 0.777. The highest BCUT2D eigenvalue weighted by Crippen LogP contribution is 2.33. The van der Waals surface area contributed by atoms with Crippen LogP contribution in [0.4, 0.5) is 0 Å². The molecule has 216 valence electrons. The normalized spacial score (nSPS) is 17.0. The Morgan fingerprint density at radius 1 is 1.02 bits per heavy atom. The Bertz CT molecular complexity index is 1480. The van der Waals surface area contributed by atoms with Crippen molar-refractivity contribution < 1.29 is 0 Å². The molecule has 4 heterocycles. The van der Waals surface area contributed by atoms with Crippen LogP contribution in [0.3, 0.4) is 0 Å². The van der Waals surface area contributed by atoms with Gasteiger partial charge in [-0.3, -0.25) is 10.1 Å². The molecule has 3 aromatic heterocycles. The summed E-state index contributed by atoms with van der Waals surface area (Å²) in [5.41, 5.74) is 8.57. The fourth-order valence-electron chi connectivity index (χ4n) is 6.17. The summed E-state index contributed by atoms with van der Waals surface area (Å²) in [5, 5.41) is 8.95. The number of aromatic nitrogens is 5. The van der Waals surface area contributed by atoms with Gasteiger partial charge < -0.3 is 14.8 Å². The highest BCUT2D eigenvalue weighted by Gasteiger charge is 2.23. The highest BCUT2D eigenvalue weighted by molar-refractivity contribution is 5.94. The van der Waals surface area contributed by atoms with Gasteiger partial charge in [-0.05, 0) is 61.7 Å². The first-order valence-corrected chi connectivity index (χ1v) is 15.3. The van der Waals surface area contributed by atoms with Crippen LogP contribution in [0.2, 0.25) is 0 Å². The number of nitrogens with zero attached hydrogens (tertiary/aromatic N) is 5. The van der Waals surface area contributed by atoms with E-state index in [4.69, 9.17) is 4.98 Å². The largest absolute Gasteiger partial charge is 0.367 e. The molecular weight excluding hydrogens is 506 g/mol. The SMILES string of the molecule is C=C/C=C(\c1nc(-c2n[nH]c3ccc(-c4cncc(CC5CCCCC5)c4)cc23)[nH]c1C)N1CCN(C)CC1.CC. The molecule has 2 fully saturated rings. The summed E-state index contributed by atoms with van der Waals surface area (Å²) in [6, 6.07) is 8.80. The van der Waals surface area contributed by atoms with E-state index < -0.39 is 0 Å². The van der Waals surface area contributed by atoms with E-state index in [1.165, 1.54) is 37.7 Å². The molecule has 41 heavy (non-hydrogen) atoms. The van der Waals surface area contributed by atoms with E-state index in [-0.39, 0.29) is 0 Å². The maximum atomic E-state index is 5.08. The average molecular weight is 552 g/mol. The van der Waals surface area contributed by atoms with Gasteiger partial charge in [0, 0.05) is 55.2 Å².